The Hall–Kier alpha value is -2.37. The maximum Gasteiger partial charge on any atom is 0.361 e. The van der Waals surface area contributed by atoms with E-state index in [0.29, 0.717) is 5.75 Å². The number of methoxy groups -OCH3 is 1. The summed E-state index contributed by atoms with van der Waals surface area (Å²) in [4.78, 5) is 11.5. The summed E-state index contributed by atoms with van der Waals surface area (Å²) in [6, 6.07) is 7.62. The lowest BCUT2D eigenvalue weighted by Crippen LogP contribution is -2.10. The molecule has 0 atom stereocenters. The molecule has 1 N–H and O–H groups in total. The number of hydrogen-bond acceptors (Lipinski definition) is 5. The second-order valence-corrected chi connectivity index (χ2v) is 5.36. The zero-order valence-corrected chi connectivity index (χ0v) is 11.9. The van der Waals surface area contributed by atoms with E-state index in [4.69, 9.17) is 4.74 Å². The van der Waals surface area contributed by atoms with E-state index in [2.05, 4.69) is 40.9 Å². The zero-order chi connectivity index (χ0) is 14.8. The normalized spacial score (nSPS) is 11.2. The molecule has 0 unspecified atom stereocenters. The molecule has 20 heavy (non-hydrogen) atoms. The number of carbonyl (C=O) groups is 1. The second-order valence-electron chi connectivity index (χ2n) is 5.36. The molecule has 6 nitrogen and oxygen atoms in total. The first-order valence-corrected chi connectivity index (χ1v) is 6.19. The minimum absolute atomic E-state index is 0.0730. The Kier molecular flexibility index (Phi) is 3.74. The van der Waals surface area contributed by atoms with Gasteiger partial charge in [0.15, 0.2) is 0 Å². The van der Waals surface area contributed by atoms with Gasteiger partial charge in [-0.2, -0.15) is 0 Å². The number of aromatic amines is 1. The van der Waals surface area contributed by atoms with Crippen LogP contribution < -0.4 is 4.74 Å². The smallest absolute Gasteiger partial charge is 0.361 e. The molecule has 0 aliphatic carbocycles. The van der Waals surface area contributed by atoms with Gasteiger partial charge in [0, 0.05) is 0 Å². The highest BCUT2D eigenvalue weighted by Crippen LogP contribution is 2.27. The maximum atomic E-state index is 11.5. The van der Waals surface area contributed by atoms with E-state index in [1.165, 1.54) is 12.7 Å². The monoisotopic (exact) mass is 275 g/mol. The van der Waals surface area contributed by atoms with Gasteiger partial charge in [0.2, 0.25) is 5.69 Å². The number of ether oxygens (including phenoxy) is 2. The van der Waals surface area contributed by atoms with Crippen LogP contribution in [0.1, 0.15) is 36.8 Å². The molecule has 106 valence electrons. The van der Waals surface area contributed by atoms with Crippen LogP contribution in [0.25, 0.3) is 0 Å². The number of aromatic nitrogens is 3. The standard InChI is InChI=1S/C14H17N3O3/c1-14(2,3)9-5-7-10(8-6-9)20-12-11(13(18)19-4)15-17-16-12/h5-8H,1-4H3,(H,15,16,17). The van der Waals surface area contributed by atoms with Gasteiger partial charge < -0.3 is 9.47 Å². The summed E-state index contributed by atoms with van der Waals surface area (Å²) >= 11 is 0. The van der Waals surface area contributed by atoms with E-state index < -0.39 is 5.97 Å². The summed E-state index contributed by atoms with van der Waals surface area (Å²) in [6.07, 6.45) is 0. The summed E-state index contributed by atoms with van der Waals surface area (Å²) in [5.41, 5.74) is 1.36. The van der Waals surface area contributed by atoms with Crippen molar-refractivity contribution in [3.8, 4) is 11.6 Å². The van der Waals surface area contributed by atoms with Crippen LogP contribution in [-0.4, -0.2) is 28.5 Å². The van der Waals surface area contributed by atoms with Crippen molar-refractivity contribution in [1.29, 1.82) is 0 Å². The highest BCUT2D eigenvalue weighted by atomic mass is 16.5. The van der Waals surface area contributed by atoms with Crippen molar-refractivity contribution in [2.24, 2.45) is 0 Å². The molecule has 0 bridgehead atoms. The minimum Gasteiger partial charge on any atom is -0.464 e. The average Bonchev–Trinajstić information content (AvgIpc) is 2.85. The third-order valence-electron chi connectivity index (χ3n) is 2.84. The van der Waals surface area contributed by atoms with Crippen molar-refractivity contribution in [2.75, 3.05) is 7.11 Å². The Morgan fingerprint density at radius 3 is 2.40 bits per heavy atom. The number of esters is 1. The Morgan fingerprint density at radius 1 is 1.20 bits per heavy atom. The van der Waals surface area contributed by atoms with Crippen LogP contribution in [-0.2, 0) is 10.2 Å². The maximum absolute atomic E-state index is 11.5. The molecule has 1 aromatic carbocycles. The first-order chi connectivity index (χ1) is 9.41. The lowest BCUT2D eigenvalue weighted by Gasteiger charge is -2.18. The van der Waals surface area contributed by atoms with Crippen LogP contribution in [0.2, 0.25) is 0 Å². The molecule has 0 radical (unpaired) electrons. The van der Waals surface area contributed by atoms with Gasteiger partial charge in [-0.1, -0.05) is 43.2 Å². The summed E-state index contributed by atoms with van der Waals surface area (Å²) < 4.78 is 10.1. The summed E-state index contributed by atoms with van der Waals surface area (Å²) in [5, 5.41) is 9.72. The van der Waals surface area contributed by atoms with Crippen molar-refractivity contribution >= 4 is 5.97 Å². The molecule has 1 aromatic heterocycles. The predicted molar refractivity (Wildman–Crippen MR) is 72.9 cm³/mol. The van der Waals surface area contributed by atoms with Gasteiger partial charge in [-0.25, -0.2) is 9.89 Å². The quantitative estimate of drug-likeness (QED) is 0.871. The molecule has 0 aliphatic heterocycles. The molecular formula is C14H17N3O3. The number of nitrogens with zero attached hydrogens (tertiary/aromatic N) is 2. The van der Waals surface area contributed by atoms with Gasteiger partial charge in [-0.05, 0) is 23.1 Å². The van der Waals surface area contributed by atoms with Crippen LogP contribution in [0.15, 0.2) is 24.3 Å². The van der Waals surface area contributed by atoms with Crippen LogP contribution in [0.3, 0.4) is 0 Å². The Bertz CT molecular complexity index is 597. The summed E-state index contributed by atoms with van der Waals surface area (Å²) in [6.45, 7) is 6.40. The molecule has 0 spiro atoms. The fourth-order valence-corrected chi connectivity index (χ4v) is 1.66. The number of H-pyrrole nitrogens is 1. The molecule has 0 saturated carbocycles. The third kappa shape index (κ3) is 2.96. The molecule has 0 fully saturated rings. The van der Waals surface area contributed by atoms with Crippen molar-refractivity contribution in [2.45, 2.75) is 26.2 Å². The van der Waals surface area contributed by atoms with Crippen LogP contribution in [0, 0.1) is 0 Å². The third-order valence-corrected chi connectivity index (χ3v) is 2.84. The molecule has 2 rings (SSSR count). The minimum atomic E-state index is -0.573. The number of benzene rings is 1. The Labute approximate surface area is 117 Å². The van der Waals surface area contributed by atoms with Crippen molar-refractivity contribution in [1.82, 2.24) is 15.4 Å². The van der Waals surface area contributed by atoms with Gasteiger partial charge in [0.05, 0.1) is 7.11 Å². The van der Waals surface area contributed by atoms with Crippen LogP contribution in [0.5, 0.6) is 11.6 Å². The van der Waals surface area contributed by atoms with Crippen molar-refractivity contribution in [3.63, 3.8) is 0 Å². The molecule has 0 aliphatic rings. The number of rotatable bonds is 3. The van der Waals surface area contributed by atoms with E-state index in [-0.39, 0.29) is 17.0 Å². The largest absolute Gasteiger partial charge is 0.464 e. The highest BCUT2D eigenvalue weighted by Gasteiger charge is 2.18. The van der Waals surface area contributed by atoms with E-state index in [9.17, 15) is 4.79 Å². The van der Waals surface area contributed by atoms with Gasteiger partial charge >= 0.3 is 5.97 Å². The lowest BCUT2D eigenvalue weighted by atomic mass is 9.87. The molecule has 6 heteroatoms. The second kappa shape index (κ2) is 5.32. The fraction of sp³-hybridized carbons (Fsp3) is 0.357. The molecular weight excluding hydrogens is 258 g/mol. The van der Waals surface area contributed by atoms with E-state index >= 15 is 0 Å². The summed E-state index contributed by atoms with van der Waals surface area (Å²) in [5.74, 6) is 0.105. The van der Waals surface area contributed by atoms with Gasteiger partial charge in [-0.3, -0.25) is 0 Å². The molecule has 1 heterocycles. The van der Waals surface area contributed by atoms with Crippen molar-refractivity contribution < 1.29 is 14.3 Å². The summed E-state index contributed by atoms with van der Waals surface area (Å²) in [7, 11) is 1.28. The topological polar surface area (TPSA) is 77.1 Å². The van der Waals surface area contributed by atoms with Crippen molar-refractivity contribution in [3.05, 3.63) is 35.5 Å². The first kappa shape index (κ1) is 14.0. The SMILES string of the molecule is COC(=O)c1[nH]nnc1Oc1ccc(C(C)(C)C)cc1. The van der Waals surface area contributed by atoms with Crippen LogP contribution in [0.4, 0.5) is 0 Å². The zero-order valence-electron chi connectivity index (χ0n) is 11.9. The lowest BCUT2D eigenvalue weighted by molar-refractivity contribution is 0.0591. The number of hydrogen-bond donors (Lipinski definition) is 1. The van der Waals surface area contributed by atoms with Gasteiger partial charge in [0.25, 0.3) is 5.88 Å². The molecule has 0 saturated heterocycles. The van der Waals surface area contributed by atoms with Gasteiger partial charge in [-0.15, -0.1) is 0 Å². The van der Waals surface area contributed by atoms with Crippen LogP contribution >= 0.6 is 0 Å². The molecule has 2 aromatic rings. The average molecular weight is 275 g/mol. The highest BCUT2D eigenvalue weighted by molar-refractivity contribution is 5.89. The fourth-order valence-electron chi connectivity index (χ4n) is 1.66. The van der Waals surface area contributed by atoms with E-state index in [1.807, 2.05) is 24.3 Å². The Morgan fingerprint density at radius 2 is 1.85 bits per heavy atom. The predicted octanol–water partition coefficient (Wildman–Crippen LogP) is 2.68. The van der Waals surface area contributed by atoms with E-state index in [1.54, 1.807) is 0 Å². The first-order valence-electron chi connectivity index (χ1n) is 6.19. The number of nitrogens with one attached hydrogen (secondary N) is 1. The Balaban J connectivity index is 2.19. The van der Waals surface area contributed by atoms with E-state index in [0.717, 1.165) is 0 Å². The number of carbonyl (C=O) groups excluding carboxylic acids is 1. The molecule has 0 amide bonds. The van der Waals surface area contributed by atoms with Gasteiger partial charge in [0.1, 0.15) is 5.75 Å².